The third-order valence-corrected chi connectivity index (χ3v) is 8.51. The fraction of sp³-hybridized carbons (Fsp3) is 0.321. The highest BCUT2D eigenvalue weighted by Gasteiger charge is 2.34. The highest BCUT2D eigenvalue weighted by molar-refractivity contribution is 7.89. The summed E-state index contributed by atoms with van der Waals surface area (Å²) in [5.41, 5.74) is 2.41. The number of benzene rings is 3. The van der Waals surface area contributed by atoms with Crippen molar-refractivity contribution in [2.45, 2.75) is 43.9 Å². The molecule has 1 heterocycles. The molecule has 1 saturated heterocycles. The summed E-state index contributed by atoms with van der Waals surface area (Å²) in [6, 6.07) is 24.2. The number of hydrogen-bond donors (Lipinski definition) is 0. The summed E-state index contributed by atoms with van der Waals surface area (Å²) >= 11 is 6.37. The smallest absolute Gasteiger partial charge is 0.254 e. The zero-order chi connectivity index (χ0) is 25.7. The van der Waals surface area contributed by atoms with E-state index < -0.39 is 10.0 Å². The minimum Gasteiger partial charge on any atom is -0.373 e. The Morgan fingerprint density at radius 1 is 0.944 bits per heavy atom. The fourth-order valence-corrected chi connectivity index (χ4v) is 6.54. The Bertz CT molecular complexity index is 1280. The van der Waals surface area contributed by atoms with Crippen LogP contribution in [0.1, 0.15) is 35.3 Å². The molecule has 2 atom stereocenters. The second kappa shape index (κ2) is 11.6. The topological polar surface area (TPSA) is 66.9 Å². The molecule has 0 bridgehead atoms. The molecule has 0 aromatic heterocycles. The molecule has 1 aliphatic rings. The van der Waals surface area contributed by atoms with Crippen molar-refractivity contribution in [2.24, 2.45) is 0 Å². The molecule has 1 amide bonds. The molecular formula is C28H31ClN2O4S. The van der Waals surface area contributed by atoms with Crippen LogP contribution in [0.15, 0.2) is 83.8 Å². The number of amides is 1. The third-order valence-electron chi connectivity index (χ3n) is 6.20. The average Bonchev–Trinajstić information content (AvgIpc) is 2.87. The van der Waals surface area contributed by atoms with Gasteiger partial charge in [-0.2, -0.15) is 4.31 Å². The molecule has 3 aromatic rings. The Hall–Kier alpha value is -2.71. The van der Waals surface area contributed by atoms with Gasteiger partial charge >= 0.3 is 0 Å². The van der Waals surface area contributed by atoms with E-state index in [1.807, 2.05) is 74.5 Å². The van der Waals surface area contributed by atoms with Crippen LogP contribution in [-0.2, 0) is 27.7 Å². The van der Waals surface area contributed by atoms with Gasteiger partial charge in [0.1, 0.15) is 4.90 Å². The second-order valence-corrected chi connectivity index (χ2v) is 11.5. The largest absolute Gasteiger partial charge is 0.373 e. The van der Waals surface area contributed by atoms with Crippen molar-refractivity contribution in [2.75, 3.05) is 19.6 Å². The molecule has 0 spiro atoms. The molecule has 1 aliphatic heterocycles. The molecule has 0 radical (unpaired) electrons. The lowest BCUT2D eigenvalue weighted by Gasteiger charge is -2.34. The third kappa shape index (κ3) is 6.34. The quantitative estimate of drug-likeness (QED) is 0.413. The normalized spacial score (nSPS) is 18.6. The Morgan fingerprint density at radius 2 is 1.53 bits per heavy atom. The standard InChI is InChI=1S/C28H31ClN2O4S/c1-21-18-31(19-22(2)35-21)36(33,34)27-17-25(13-14-26(27)29)28(32)30(20-24-11-7-4-8-12-24)16-15-23-9-5-3-6-10-23/h3-14,17,21-22H,15-16,18-20H2,1-2H3/t21-,22-/m1/s1. The Balaban J connectivity index is 1.62. The number of hydrogen-bond acceptors (Lipinski definition) is 4. The number of morpholine rings is 1. The first kappa shape index (κ1) is 26.4. The van der Waals surface area contributed by atoms with Crippen molar-refractivity contribution in [3.05, 3.63) is 101 Å². The van der Waals surface area contributed by atoms with Crippen LogP contribution in [-0.4, -0.2) is 55.4 Å². The summed E-state index contributed by atoms with van der Waals surface area (Å²) < 4.78 is 34.1. The number of rotatable bonds is 8. The average molecular weight is 527 g/mol. The number of carbonyl (C=O) groups excluding carboxylic acids is 1. The van der Waals surface area contributed by atoms with Crippen LogP contribution in [0.25, 0.3) is 0 Å². The van der Waals surface area contributed by atoms with Gasteiger partial charge in [-0.15, -0.1) is 0 Å². The van der Waals surface area contributed by atoms with E-state index >= 15 is 0 Å². The predicted molar refractivity (Wildman–Crippen MR) is 142 cm³/mol. The van der Waals surface area contributed by atoms with Crippen LogP contribution in [0.3, 0.4) is 0 Å². The lowest BCUT2D eigenvalue weighted by Crippen LogP contribution is -2.48. The molecule has 1 fully saturated rings. The van der Waals surface area contributed by atoms with E-state index in [4.69, 9.17) is 16.3 Å². The maximum atomic E-state index is 13.7. The minimum atomic E-state index is -3.90. The van der Waals surface area contributed by atoms with Gasteiger partial charge in [0.25, 0.3) is 5.91 Å². The van der Waals surface area contributed by atoms with E-state index in [0.29, 0.717) is 19.5 Å². The minimum absolute atomic E-state index is 0.0564. The SMILES string of the molecule is C[C@@H]1CN(S(=O)(=O)c2cc(C(=O)N(CCc3ccccc3)Cc3ccccc3)ccc2Cl)C[C@@H](C)O1. The molecule has 36 heavy (non-hydrogen) atoms. The summed E-state index contributed by atoms with van der Waals surface area (Å²) in [5, 5.41) is 0.0947. The van der Waals surface area contributed by atoms with Crippen molar-refractivity contribution < 1.29 is 17.9 Å². The maximum absolute atomic E-state index is 13.7. The molecule has 6 nitrogen and oxygen atoms in total. The number of sulfonamides is 1. The van der Waals surface area contributed by atoms with Gasteiger partial charge < -0.3 is 9.64 Å². The number of halogens is 1. The van der Waals surface area contributed by atoms with E-state index in [1.165, 1.54) is 16.4 Å². The van der Waals surface area contributed by atoms with Crippen molar-refractivity contribution in [3.63, 3.8) is 0 Å². The molecule has 4 rings (SSSR count). The monoisotopic (exact) mass is 526 g/mol. The van der Waals surface area contributed by atoms with Gasteiger partial charge in [-0.3, -0.25) is 4.79 Å². The lowest BCUT2D eigenvalue weighted by molar-refractivity contribution is -0.0440. The van der Waals surface area contributed by atoms with Gasteiger partial charge in [0.15, 0.2) is 0 Å². The zero-order valence-electron chi connectivity index (χ0n) is 20.5. The molecule has 0 saturated carbocycles. The molecule has 3 aromatic carbocycles. The van der Waals surface area contributed by atoms with Gasteiger partial charge in [-0.1, -0.05) is 72.3 Å². The summed E-state index contributed by atoms with van der Waals surface area (Å²) in [4.78, 5) is 15.4. The number of carbonyl (C=O) groups is 1. The summed E-state index contributed by atoms with van der Waals surface area (Å²) in [7, 11) is -3.90. The Morgan fingerprint density at radius 3 is 2.14 bits per heavy atom. The summed E-state index contributed by atoms with van der Waals surface area (Å²) in [6.45, 7) is 5.05. The van der Waals surface area contributed by atoms with Crippen molar-refractivity contribution in [1.29, 1.82) is 0 Å². The predicted octanol–water partition coefficient (Wildman–Crippen LogP) is 5.02. The number of ether oxygens (including phenoxy) is 1. The lowest BCUT2D eigenvalue weighted by atomic mass is 10.1. The molecule has 0 N–H and O–H groups in total. The van der Waals surface area contributed by atoms with Crippen LogP contribution in [0.2, 0.25) is 5.02 Å². The fourth-order valence-electron chi connectivity index (χ4n) is 4.45. The van der Waals surface area contributed by atoms with E-state index in [0.717, 1.165) is 11.1 Å². The van der Waals surface area contributed by atoms with Crippen LogP contribution in [0, 0.1) is 0 Å². The van der Waals surface area contributed by atoms with Crippen LogP contribution >= 0.6 is 11.6 Å². The summed E-state index contributed by atoms with van der Waals surface area (Å²) in [6.07, 6.45) is 0.222. The van der Waals surface area contributed by atoms with Crippen molar-refractivity contribution >= 4 is 27.5 Å². The van der Waals surface area contributed by atoms with Crippen molar-refractivity contribution in [1.82, 2.24) is 9.21 Å². The van der Waals surface area contributed by atoms with E-state index in [2.05, 4.69) is 0 Å². The molecule has 0 unspecified atom stereocenters. The first-order valence-corrected chi connectivity index (χ1v) is 13.9. The van der Waals surface area contributed by atoms with E-state index in [1.54, 1.807) is 11.0 Å². The molecule has 8 heteroatoms. The first-order chi connectivity index (χ1) is 17.2. The van der Waals surface area contributed by atoms with Crippen LogP contribution in [0.5, 0.6) is 0 Å². The highest BCUT2D eigenvalue weighted by atomic mass is 35.5. The molecular weight excluding hydrogens is 496 g/mol. The second-order valence-electron chi connectivity index (χ2n) is 9.17. The van der Waals surface area contributed by atoms with Crippen molar-refractivity contribution in [3.8, 4) is 0 Å². The Labute approximate surface area is 218 Å². The van der Waals surface area contributed by atoms with Crippen LogP contribution < -0.4 is 0 Å². The maximum Gasteiger partial charge on any atom is 0.254 e. The van der Waals surface area contributed by atoms with E-state index in [9.17, 15) is 13.2 Å². The van der Waals surface area contributed by atoms with Gasteiger partial charge in [-0.25, -0.2) is 8.42 Å². The first-order valence-electron chi connectivity index (χ1n) is 12.1. The van der Waals surface area contributed by atoms with Gasteiger partial charge in [-0.05, 0) is 49.6 Å². The van der Waals surface area contributed by atoms with Gasteiger partial charge in [0.2, 0.25) is 10.0 Å². The van der Waals surface area contributed by atoms with Gasteiger partial charge in [0.05, 0.1) is 17.2 Å². The summed E-state index contributed by atoms with van der Waals surface area (Å²) in [5.74, 6) is -0.244. The zero-order valence-corrected chi connectivity index (χ0v) is 22.1. The molecule has 0 aliphatic carbocycles. The Kier molecular flexibility index (Phi) is 8.46. The van der Waals surface area contributed by atoms with Gasteiger partial charge in [0, 0.05) is 31.7 Å². The number of nitrogens with zero attached hydrogens (tertiary/aromatic N) is 2. The van der Waals surface area contributed by atoms with Crippen LogP contribution in [0.4, 0.5) is 0 Å². The molecule has 190 valence electrons. The highest BCUT2D eigenvalue weighted by Crippen LogP contribution is 2.29. The van der Waals surface area contributed by atoms with E-state index in [-0.39, 0.29) is 46.7 Å².